The fourth-order valence-electron chi connectivity index (χ4n) is 6.45. The molecule has 1 heterocycles. The maximum Gasteiger partial charge on any atom is 0.327 e. The summed E-state index contributed by atoms with van der Waals surface area (Å²) in [5.74, 6) is -5.47. The molecule has 1 amide bonds. The Bertz CT molecular complexity index is 1690. The Kier molecular flexibility index (Phi) is 9.09. The number of primary amides is 1. The molecule has 3 aromatic rings. The average Bonchev–Trinajstić information content (AvgIpc) is 3.17. The minimum Gasteiger partial charge on any atom is -0.480 e. The van der Waals surface area contributed by atoms with Crippen molar-refractivity contribution in [2.24, 2.45) is 11.1 Å². The van der Waals surface area contributed by atoms with Gasteiger partial charge in [0.25, 0.3) is 5.91 Å². The number of aliphatic carboxylic acids is 1. The van der Waals surface area contributed by atoms with Gasteiger partial charge in [-0.05, 0) is 89.2 Å². The lowest BCUT2D eigenvalue weighted by Crippen LogP contribution is -2.48. The lowest BCUT2D eigenvalue weighted by Gasteiger charge is -2.41. The smallest absolute Gasteiger partial charge is 0.327 e. The van der Waals surface area contributed by atoms with Gasteiger partial charge in [0.1, 0.15) is 23.1 Å². The molecular formula is C32H30Cl2F2IN3O3. The van der Waals surface area contributed by atoms with Crippen molar-refractivity contribution in [3.05, 3.63) is 95.5 Å². The Morgan fingerprint density at radius 3 is 2.35 bits per heavy atom. The van der Waals surface area contributed by atoms with Crippen molar-refractivity contribution in [1.82, 2.24) is 0 Å². The second kappa shape index (κ2) is 11.9. The summed E-state index contributed by atoms with van der Waals surface area (Å²) in [5, 5.41) is 21.9. The van der Waals surface area contributed by atoms with Gasteiger partial charge in [-0.25, -0.2) is 13.6 Å². The molecule has 0 bridgehead atoms. The van der Waals surface area contributed by atoms with Gasteiger partial charge >= 0.3 is 5.97 Å². The largest absolute Gasteiger partial charge is 0.480 e. The Morgan fingerprint density at radius 2 is 1.81 bits per heavy atom. The maximum absolute atomic E-state index is 16.1. The highest BCUT2D eigenvalue weighted by molar-refractivity contribution is 14.1. The third kappa shape index (κ3) is 5.58. The van der Waals surface area contributed by atoms with Crippen molar-refractivity contribution in [3.63, 3.8) is 0 Å². The van der Waals surface area contributed by atoms with E-state index >= 15 is 8.78 Å². The summed E-state index contributed by atoms with van der Waals surface area (Å²) in [7, 11) is 0. The number of hydrogen-bond acceptors (Lipinski definition) is 4. The van der Waals surface area contributed by atoms with Crippen LogP contribution in [0.1, 0.15) is 65.7 Å². The average molecular weight is 740 g/mol. The van der Waals surface area contributed by atoms with Crippen LogP contribution in [0.15, 0.2) is 42.5 Å². The molecule has 1 aliphatic heterocycles. The Hall–Kier alpha value is -2.94. The molecule has 0 radical (unpaired) electrons. The first-order valence-electron chi connectivity index (χ1n) is 13.4. The number of nitrogens with zero attached hydrogens (tertiary/aromatic N) is 2. The molecule has 4 rings (SSSR count). The first-order valence-corrected chi connectivity index (χ1v) is 15.2. The molecule has 11 heteroatoms. The molecule has 1 fully saturated rings. The fraction of sp³-hybridized carbons (Fsp3) is 0.344. The zero-order valence-electron chi connectivity index (χ0n) is 24.1. The molecule has 1 aliphatic rings. The van der Waals surface area contributed by atoms with E-state index in [0.717, 1.165) is 15.2 Å². The fourth-order valence-corrected chi connectivity index (χ4v) is 7.20. The summed E-state index contributed by atoms with van der Waals surface area (Å²) < 4.78 is 32.8. The van der Waals surface area contributed by atoms with Crippen LogP contribution in [0.3, 0.4) is 0 Å². The molecule has 0 spiro atoms. The van der Waals surface area contributed by atoms with Gasteiger partial charge in [0, 0.05) is 20.1 Å². The summed E-state index contributed by atoms with van der Waals surface area (Å²) in [6.07, 6.45) is 0.146. The van der Waals surface area contributed by atoms with Crippen molar-refractivity contribution < 1.29 is 23.5 Å². The number of rotatable bonds is 6. The number of hydrogen-bond donors (Lipinski definition) is 2. The van der Waals surface area contributed by atoms with Gasteiger partial charge in [0.2, 0.25) is 0 Å². The van der Waals surface area contributed by atoms with Gasteiger partial charge in [-0.1, -0.05) is 62.2 Å². The number of benzene rings is 3. The van der Waals surface area contributed by atoms with E-state index in [2.05, 4.69) is 28.7 Å². The lowest BCUT2D eigenvalue weighted by molar-refractivity contribution is -0.138. The quantitative estimate of drug-likeness (QED) is 0.250. The maximum atomic E-state index is 16.1. The number of aryl methyl sites for hydroxylation is 1. The highest BCUT2D eigenvalue weighted by atomic mass is 127. The zero-order valence-corrected chi connectivity index (χ0v) is 27.8. The molecule has 6 nitrogen and oxygen atoms in total. The van der Waals surface area contributed by atoms with E-state index in [0.29, 0.717) is 5.56 Å². The van der Waals surface area contributed by atoms with Crippen LogP contribution in [-0.4, -0.2) is 29.1 Å². The van der Waals surface area contributed by atoms with Crippen LogP contribution in [0.5, 0.6) is 0 Å². The third-order valence-corrected chi connectivity index (χ3v) is 10.3. The van der Waals surface area contributed by atoms with Gasteiger partial charge in [-0.15, -0.1) is 0 Å². The SMILES string of the molecule is Cc1cc(C(N)=O)c(N2[C@@H](CC(C)(C)C)[C@](C#N)(c3ccc(Cl)cc3F)[C@@H](c3cccc(Cl)c3F)[C@@H]2C(=O)O)c(C)c1I. The molecule has 226 valence electrons. The second-order valence-electron chi connectivity index (χ2n) is 12.1. The lowest BCUT2D eigenvalue weighted by atomic mass is 9.62. The van der Waals surface area contributed by atoms with Gasteiger partial charge < -0.3 is 15.7 Å². The van der Waals surface area contributed by atoms with Crippen LogP contribution in [0.4, 0.5) is 14.5 Å². The number of carboxylic acids is 1. The number of carbonyl (C=O) groups is 2. The van der Waals surface area contributed by atoms with Crippen LogP contribution >= 0.6 is 45.8 Å². The molecule has 4 atom stereocenters. The first kappa shape index (κ1) is 33.0. The number of anilines is 1. The molecule has 43 heavy (non-hydrogen) atoms. The highest BCUT2D eigenvalue weighted by Crippen LogP contribution is 2.58. The van der Waals surface area contributed by atoms with Crippen molar-refractivity contribution in [3.8, 4) is 6.07 Å². The second-order valence-corrected chi connectivity index (χ2v) is 14.0. The number of nitriles is 1. The van der Waals surface area contributed by atoms with Crippen molar-refractivity contribution in [2.45, 2.75) is 64.5 Å². The van der Waals surface area contributed by atoms with Crippen LogP contribution in [0.25, 0.3) is 0 Å². The summed E-state index contributed by atoms with van der Waals surface area (Å²) in [5.41, 5.74) is 4.52. The van der Waals surface area contributed by atoms with Crippen LogP contribution < -0.4 is 10.6 Å². The standard InChI is InChI=1S/C32H30Cl2F2IN3O3/c1-15-11-19(29(39)41)27(16(2)26(15)37)40-23(13-31(3,4)5)32(14-38,20-10-9-17(33)12-22(20)35)24(28(40)30(42)43)18-7-6-8-21(34)25(18)36/h6-12,23-24,28H,13H2,1-5H3,(H2,39,41)(H,42,43)/t23-,24-,28+,32-/m0/s1. The van der Waals surface area contributed by atoms with Gasteiger partial charge in [-0.2, -0.15) is 5.26 Å². The van der Waals surface area contributed by atoms with Crippen molar-refractivity contribution >= 4 is 63.4 Å². The number of carbonyl (C=O) groups excluding carboxylic acids is 1. The Labute approximate surface area is 272 Å². The molecular weight excluding hydrogens is 710 g/mol. The van der Waals surface area contributed by atoms with Crippen LogP contribution in [0, 0.1) is 45.8 Å². The number of halogens is 5. The van der Waals surface area contributed by atoms with Gasteiger partial charge in [0.15, 0.2) is 0 Å². The normalized spacial score (nSPS) is 22.0. The minimum atomic E-state index is -2.01. The van der Waals surface area contributed by atoms with E-state index in [4.69, 9.17) is 28.9 Å². The first-order chi connectivity index (χ1) is 20.0. The van der Waals surface area contributed by atoms with Crippen LogP contribution in [-0.2, 0) is 10.2 Å². The van der Waals surface area contributed by atoms with E-state index < -0.39 is 52.3 Å². The number of amides is 1. The summed E-state index contributed by atoms with van der Waals surface area (Å²) in [6.45, 7) is 9.22. The third-order valence-electron chi connectivity index (χ3n) is 8.07. The van der Waals surface area contributed by atoms with Crippen LogP contribution in [0.2, 0.25) is 10.0 Å². The van der Waals surface area contributed by atoms with E-state index in [9.17, 15) is 20.0 Å². The van der Waals surface area contributed by atoms with Crippen molar-refractivity contribution in [2.75, 3.05) is 4.90 Å². The summed E-state index contributed by atoms with van der Waals surface area (Å²) >= 11 is 14.4. The van der Waals surface area contributed by atoms with Gasteiger partial charge in [0.05, 0.1) is 28.4 Å². The Balaban J connectivity index is 2.29. The molecule has 0 aliphatic carbocycles. The summed E-state index contributed by atoms with van der Waals surface area (Å²) in [4.78, 5) is 27.9. The monoisotopic (exact) mass is 739 g/mol. The molecule has 0 saturated carbocycles. The Morgan fingerprint density at radius 1 is 1.16 bits per heavy atom. The summed E-state index contributed by atoms with van der Waals surface area (Å²) in [6, 6.07) is 9.04. The van der Waals surface area contributed by atoms with E-state index in [1.165, 1.54) is 35.2 Å². The minimum absolute atomic E-state index is 0.0382. The number of carboxylic acid groups (broad SMARTS) is 1. The molecule has 1 saturated heterocycles. The zero-order chi connectivity index (χ0) is 32.2. The molecule has 3 N–H and O–H groups in total. The highest BCUT2D eigenvalue weighted by Gasteiger charge is 2.65. The van der Waals surface area contributed by atoms with E-state index in [-0.39, 0.29) is 38.8 Å². The van der Waals surface area contributed by atoms with E-state index in [1.54, 1.807) is 19.9 Å². The van der Waals surface area contributed by atoms with Crippen molar-refractivity contribution in [1.29, 1.82) is 5.26 Å². The molecule has 0 unspecified atom stereocenters. The van der Waals surface area contributed by atoms with E-state index in [1.807, 2.05) is 20.8 Å². The molecule has 0 aromatic heterocycles. The molecule has 3 aromatic carbocycles. The van der Waals surface area contributed by atoms with Gasteiger partial charge in [-0.3, -0.25) is 4.79 Å². The topological polar surface area (TPSA) is 107 Å². The predicted octanol–water partition coefficient (Wildman–Crippen LogP) is 7.92. The number of nitrogens with two attached hydrogens (primary N) is 1. The predicted molar refractivity (Wildman–Crippen MR) is 172 cm³/mol.